The third-order valence-corrected chi connectivity index (χ3v) is 7.02. The fourth-order valence-corrected chi connectivity index (χ4v) is 4.63. The fourth-order valence-electron chi connectivity index (χ4n) is 4.63. The Morgan fingerprint density at radius 2 is 1.77 bits per heavy atom. The van der Waals surface area contributed by atoms with Crippen molar-refractivity contribution >= 4 is 28.7 Å². The van der Waals surface area contributed by atoms with Crippen LogP contribution in [-0.2, 0) is 6.54 Å². The fraction of sp³-hybridized carbons (Fsp3) is 0.167. The van der Waals surface area contributed by atoms with Gasteiger partial charge in [0.15, 0.2) is 0 Å². The Morgan fingerprint density at radius 1 is 1.00 bits per heavy atom. The van der Waals surface area contributed by atoms with Crippen LogP contribution in [0.1, 0.15) is 46.9 Å². The molecule has 40 heavy (non-hydrogen) atoms. The number of para-hydroxylation sites is 2. The molecule has 10 heteroatoms. The molecule has 1 saturated carbocycles. The second kappa shape index (κ2) is 10.6. The summed E-state index contributed by atoms with van der Waals surface area (Å²) in [6, 6.07) is 19.3. The number of hydrogen-bond acceptors (Lipinski definition) is 6. The molecule has 3 N–H and O–H groups in total. The lowest BCUT2D eigenvalue weighted by Crippen LogP contribution is -2.31. The van der Waals surface area contributed by atoms with Crippen LogP contribution in [0.15, 0.2) is 79.0 Å². The minimum absolute atomic E-state index is 0.0982. The minimum atomic E-state index is -0.459. The van der Waals surface area contributed by atoms with Crippen molar-refractivity contribution in [2.24, 2.45) is 0 Å². The summed E-state index contributed by atoms with van der Waals surface area (Å²) in [5.41, 5.74) is 4.21. The van der Waals surface area contributed by atoms with E-state index in [1.165, 1.54) is 29.1 Å². The molecule has 5 aromatic rings. The molecule has 6 rings (SSSR count). The van der Waals surface area contributed by atoms with E-state index in [4.69, 9.17) is 0 Å². The van der Waals surface area contributed by atoms with Crippen LogP contribution in [0.5, 0.6) is 5.75 Å². The zero-order valence-electron chi connectivity index (χ0n) is 21.3. The maximum atomic E-state index is 13.2. The average molecular weight is 537 g/mol. The first kappa shape index (κ1) is 25.2. The van der Waals surface area contributed by atoms with Crippen molar-refractivity contribution in [1.82, 2.24) is 25.1 Å². The van der Waals surface area contributed by atoms with E-state index in [-0.39, 0.29) is 29.7 Å². The number of benzene rings is 3. The Balaban J connectivity index is 1.21. The van der Waals surface area contributed by atoms with Crippen LogP contribution in [0.3, 0.4) is 0 Å². The molecular weight excluding hydrogens is 511 g/mol. The predicted octanol–water partition coefficient (Wildman–Crippen LogP) is 5.62. The number of nitrogens with zero attached hydrogens (tertiary/aromatic N) is 4. The molecule has 2 aromatic heterocycles. The molecule has 3 aromatic carbocycles. The molecule has 1 aliphatic rings. The number of carbonyl (C=O) groups is 2. The van der Waals surface area contributed by atoms with E-state index < -0.39 is 11.9 Å². The summed E-state index contributed by atoms with van der Waals surface area (Å²) in [7, 11) is 0. The van der Waals surface area contributed by atoms with Crippen molar-refractivity contribution in [3.05, 3.63) is 102 Å². The van der Waals surface area contributed by atoms with Crippen LogP contribution in [0.4, 0.5) is 14.9 Å². The molecule has 0 saturated heterocycles. The lowest BCUT2D eigenvalue weighted by molar-refractivity contribution is 0.102. The molecule has 1 fully saturated rings. The summed E-state index contributed by atoms with van der Waals surface area (Å²) >= 11 is 0. The van der Waals surface area contributed by atoms with Crippen molar-refractivity contribution in [2.75, 3.05) is 5.32 Å². The number of rotatable bonds is 6. The van der Waals surface area contributed by atoms with Crippen LogP contribution >= 0.6 is 0 Å². The van der Waals surface area contributed by atoms with Gasteiger partial charge >= 0.3 is 6.03 Å². The van der Waals surface area contributed by atoms with Gasteiger partial charge in [0.05, 0.1) is 28.6 Å². The van der Waals surface area contributed by atoms with Crippen LogP contribution in [0.25, 0.3) is 22.3 Å². The minimum Gasteiger partial charge on any atom is -0.507 e. The highest BCUT2D eigenvalue weighted by Gasteiger charge is 2.27. The number of phenols is 1. The summed E-state index contributed by atoms with van der Waals surface area (Å²) in [5.74, 6) is -0.702. The SMILES string of the molecule is O=C(Nc1ccc(-c2cc(C3CCC3)n(C(=O)NCc3ccc(F)cc3)n2)c(O)c1)c1cnc2ccccc2n1. The maximum absolute atomic E-state index is 13.2. The smallest absolute Gasteiger partial charge is 0.342 e. The number of hydrogen-bond donors (Lipinski definition) is 3. The number of aromatic nitrogens is 4. The average Bonchev–Trinajstić information content (AvgIpc) is 3.35. The van der Waals surface area contributed by atoms with Gasteiger partial charge in [-0.1, -0.05) is 30.7 Å². The highest BCUT2D eigenvalue weighted by Crippen LogP contribution is 2.39. The molecule has 0 aliphatic heterocycles. The molecule has 1 aliphatic carbocycles. The number of amides is 2. The normalized spacial score (nSPS) is 13.1. The van der Waals surface area contributed by atoms with E-state index in [2.05, 4.69) is 25.7 Å². The zero-order valence-corrected chi connectivity index (χ0v) is 21.3. The Kier molecular flexibility index (Phi) is 6.65. The lowest BCUT2D eigenvalue weighted by Gasteiger charge is -2.25. The molecule has 2 amide bonds. The van der Waals surface area contributed by atoms with E-state index in [9.17, 15) is 19.1 Å². The van der Waals surface area contributed by atoms with Crippen LogP contribution in [-0.4, -0.2) is 36.8 Å². The number of phenolic OH excluding ortho intramolecular Hbond substituents is 1. The number of carbonyl (C=O) groups excluding carboxylic acids is 2. The molecule has 9 nitrogen and oxygen atoms in total. The van der Waals surface area contributed by atoms with Crippen LogP contribution in [0.2, 0.25) is 0 Å². The molecule has 0 spiro atoms. The third-order valence-electron chi connectivity index (χ3n) is 7.02. The predicted molar refractivity (Wildman–Crippen MR) is 147 cm³/mol. The third kappa shape index (κ3) is 5.11. The summed E-state index contributed by atoms with van der Waals surface area (Å²) in [6.07, 6.45) is 4.38. The van der Waals surface area contributed by atoms with E-state index in [0.717, 1.165) is 30.5 Å². The van der Waals surface area contributed by atoms with Crippen molar-refractivity contribution < 1.29 is 19.1 Å². The second-order valence-electron chi connectivity index (χ2n) is 9.71. The first-order valence-electron chi connectivity index (χ1n) is 12.9. The highest BCUT2D eigenvalue weighted by molar-refractivity contribution is 6.03. The van der Waals surface area contributed by atoms with Gasteiger partial charge < -0.3 is 15.7 Å². The number of aromatic hydroxyl groups is 1. The largest absolute Gasteiger partial charge is 0.507 e. The summed E-state index contributed by atoms with van der Waals surface area (Å²) in [4.78, 5) is 34.5. The monoisotopic (exact) mass is 536 g/mol. The van der Waals surface area contributed by atoms with Crippen LogP contribution < -0.4 is 10.6 Å². The van der Waals surface area contributed by atoms with E-state index >= 15 is 0 Å². The molecule has 0 atom stereocenters. The second-order valence-corrected chi connectivity index (χ2v) is 9.71. The first-order chi connectivity index (χ1) is 19.4. The topological polar surface area (TPSA) is 122 Å². The molecule has 0 radical (unpaired) electrons. The Morgan fingerprint density at radius 3 is 2.50 bits per heavy atom. The van der Waals surface area contributed by atoms with E-state index in [1.54, 1.807) is 30.3 Å². The van der Waals surface area contributed by atoms with Crippen molar-refractivity contribution in [3.63, 3.8) is 0 Å². The Labute approximate surface area is 228 Å². The number of nitrogens with one attached hydrogen (secondary N) is 2. The summed E-state index contributed by atoms with van der Waals surface area (Å²) < 4.78 is 14.5. The molecule has 0 unspecified atom stereocenters. The van der Waals surface area contributed by atoms with Gasteiger partial charge in [-0.3, -0.25) is 9.78 Å². The van der Waals surface area contributed by atoms with Gasteiger partial charge in [-0.15, -0.1) is 0 Å². The lowest BCUT2D eigenvalue weighted by atomic mass is 9.82. The highest BCUT2D eigenvalue weighted by atomic mass is 19.1. The van der Waals surface area contributed by atoms with Gasteiger partial charge in [0.2, 0.25) is 0 Å². The molecule has 0 bridgehead atoms. The van der Waals surface area contributed by atoms with Gasteiger partial charge in [-0.05, 0) is 60.9 Å². The van der Waals surface area contributed by atoms with Gasteiger partial charge in [0.25, 0.3) is 5.91 Å². The maximum Gasteiger partial charge on any atom is 0.342 e. The summed E-state index contributed by atoms with van der Waals surface area (Å²) in [6.45, 7) is 0.222. The Hall–Kier alpha value is -5.12. The van der Waals surface area contributed by atoms with E-state index in [1.807, 2.05) is 24.3 Å². The standard InChI is InChI=1S/C30H25FN6O3/c31-20-10-8-18(9-11-20)16-33-30(40)37-27(19-4-3-5-19)15-25(36-37)22-13-12-21(14-28(22)38)34-29(39)26-17-32-23-6-1-2-7-24(23)35-26/h1-2,6-15,17,19,38H,3-5,16H2,(H,33,40)(H,34,39). The Bertz CT molecular complexity index is 1730. The molecular formula is C30H25FN6O3. The van der Waals surface area contributed by atoms with Gasteiger partial charge in [-0.2, -0.15) is 9.78 Å². The van der Waals surface area contributed by atoms with Crippen molar-refractivity contribution in [3.8, 4) is 17.0 Å². The van der Waals surface area contributed by atoms with Crippen molar-refractivity contribution in [2.45, 2.75) is 31.7 Å². The van der Waals surface area contributed by atoms with Crippen molar-refractivity contribution in [1.29, 1.82) is 0 Å². The first-order valence-corrected chi connectivity index (χ1v) is 12.9. The van der Waals surface area contributed by atoms with Crippen LogP contribution in [0, 0.1) is 5.82 Å². The van der Waals surface area contributed by atoms with Gasteiger partial charge in [0, 0.05) is 29.8 Å². The zero-order chi connectivity index (χ0) is 27.6. The number of fused-ring (bicyclic) bond motifs is 1. The molecule has 2 heterocycles. The summed E-state index contributed by atoms with van der Waals surface area (Å²) in [5, 5.41) is 20.9. The van der Waals surface area contributed by atoms with Gasteiger partial charge in [-0.25, -0.2) is 14.2 Å². The molecule has 200 valence electrons. The number of anilines is 1. The number of halogens is 1. The quantitative estimate of drug-likeness (QED) is 0.259. The van der Waals surface area contributed by atoms with E-state index in [0.29, 0.717) is 28.0 Å². The van der Waals surface area contributed by atoms with Gasteiger partial charge in [0.1, 0.15) is 17.3 Å².